The second kappa shape index (κ2) is 12.9. The molecule has 6 rings (SSSR count). The molecule has 2 fully saturated rings. The van der Waals surface area contributed by atoms with Crippen LogP contribution in [0.5, 0.6) is 0 Å². The Kier molecular flexibility index (Phi) is 8.98. The van der Waals surface area contributed by atoms with Gasteiger partial charge in [-0.15, -0.1) is 11.3 Å². The van der Waals surface area contributed by atoms with E-state index in [1.807, 2.05) is 47.0 Å². The summed E-state index contributed by atoms with van der Waals surface area (Å²) >= 11 is 14.9. The number of esters is 1. The van der Waals surface area contributed by atoms with Gasteiger partial charge in [-0.25, -0.2) is 4.98 Å². The highest BCUT2D eigenvalue weighted by Gasteiger charge is 2.41. The molecule has 0 bridgehead atoms. The lowest BCUT2D eigenvalue weighted by molar-refractivity contribution is -0.140. The first kappa shape index (κ1) is 30.6. The number of likely N-dealkylation sites (tertiary alicyclic amines) is 1. The Hall–Kier alpha value is -3.40. The second-order valence-corrected chi connectivity index (χ2v) is 13.6. The average Bonchev–Trinajstić information content (AvgIpc) is 3.75. The minimum Gasteiger partial charge on any atom is -0.469 e. The van der Waals surface area contributed by atoms with E-state index in [4.69, 9.17) is 27.9 Å². The van der Waals surface area contributed by atoms with Crippen LogP contribution >= 0.6 is 34.5 Å². The number of rotatable bonds is 8. The summed E-state index contributed by atoms with van der Waals surface area (Å²) < 4.78 is 6.66. The molecule has 44 heavy (non-hydrogen) atoms. The Labute approximate surface area is 270 Å². The number of nitrogens with zero attached hydrogens (tertiary/aromatic N) is 3. The molecule has 3 unspecified atom stereocenters. The maximum Gasteiger partial charge on any atom is 0.305 e. The van der Waals surface area contributed by atoms with Crippen LogP contribution < -0.4 is 5.32 Å². The largest absolute Gasteiger partial charge is 0.469 e. The number of carbonyl (C=O) groups excluding carboxylic acids is 3. The van der Waals surface area contributed by atoms with Crippen LogP contribution in [-0.4, -0.2) is 51.9 Å². The number of para-hydroxylation sites is 1. The van der Waals surface area contributed by atoms with Gasteiger partial charge >= 0.3 is 5.97 Å². The van der Waals surface area contributed by atoms with Crippen LogP contribution in [-0.2, 0) is 34.2 Å². The zero-order chi connectivity index (χ0) is 31.0. The predicted molar refractivity (Wildman–Crippen MR) is 174 cm³/mol. The van der Waals surface area contributed by atoms with Gasteiger partial charge in [0.25, 0.3) is 5.91 Å². The van der Waals surface area contributed by atoms with Gasteiger partial charge in [0.2, 0.25) is 5.91 Å². The van der Waals surface area contributed by atoms with Gasteiger partial charge in [0.05, 0.1) is 41.2 Å². The van der Waals surface area contributed by atoms with Crippen molar-refractivity contribution in [3.05, 3.63) is 79.8 Å². The van der Waals surface area contributed by atoms with E-state index in [0.29, 0.717) is 51.5 Å². The van der Waals surface area contributed by atoms with E-state index < -0.39 is 0 Å². The number of amides is 2. The number of anilines is 1. The van der Waals surface area contributed by atoms with Crippen LogP contribution in [0.3, 0.4) is 0 Å². The summed E-state index contributed by atoms with van der Waals surface area (Å²) in [5, 5.41) is 5.59. The summed E-state index contributed by atoms with van der Waals surface area (Å²) in [6, 6.07) is 11.2. The quantitative estimate of drug-likeness (QED) is 0.206. The number of nitrogens with one attached hydrogen (secondary N) is 1. The van der Waals surface area contributed by atoms with Crippen LogP contribution in [0, 0.1) is 5.92 Å². The first-order chi connectivity index (χ1) is 21.2. The lowest BCUT2D eigenvalue weighted by Crippen LogP contribution is -2.41. The van der Waals surface area contributed by atoms with Crippen molar-refractivity contribution in [2.75, 3.05) is 19.0 Å². The normalized spacial score (nSPS) is 19.6. The summed E-state index contributed by atoms with van der Waals surface area (Å²) in [6.45, 7) is 0.730. The molecule has 1 aliphatic heterocycles. The monoisotopic (exact) mass is 652 g/mol. The fraction of sp³-hybridized carbons (Fsp3) is 0.394. The number of benzene rings is 2. The summed E-state index contributed by atoms with van der Waals surface area (Å²) in [5.74, 6) is 0.372. The van der Waals surface area contributed by atoms with Crippen molar-refractivity contribution in [1.29, 1.82) is 0 Å². The predicted octanol–water partition coefficient (Wildman–Crippen LogP) is 7.03. The molecule has 8 nitrogen and oxygen atoms in total. The summed E-state index contributed by atoms with van der Waals surface area (Å²) in [5.41, 5.74) is 2.55. The minimum atomic E-state index is -0.280. The van der Waals surface area contributed by atoms with Crippen molar-refractivity contribution in [2.45, 2.75) is 56.9 Å². The zero-order valence-electron chi connectivity index (χ0n) is 24.6. The molecule has 0 spiro atoms. The third-order valence-electron chi connectivity index (χ3n) is 9.00. The number of aryl methyl sites for hydroxylation is 2. The molecule has 2 aliphatic rings. The molecule has 11 heteroatoms. The topological polar surface area (TPSA) is 93.5 Å². The van der Waals surface area contributed by atoms with Gasteiger partial charge in [-0.1, -0.05) is 41.4 Å². The van der Waals surface area contributed by atoms with Gasteiger partial charge in [0, 0.05) is 58.7 Å². The van der Waals surface area contributed by atoms with Crippen LogP contribution in [0.25, 0.3) is 10.9 Å². The molecular formula is C33H34Cl2N4O4S. The molecule has 2 aromatic carbocycles. The number of thiazole rings is 1. The SMILES string of the molecule is COC(=O)CCc1cnc(C2CCC3C(CCN3C(=O)Cc3cc(Cl)c(NC(=O)c4cn(C)c5ccccc45)cc3Cl)C2)s1. The molecule has 1 aliphatic carbocycles. The first-order valence-electron chi connectivity index (χ1n) is 14.9. The smallest absolute Gasteiger partial charge is 0.305 e. The van der Waals surface area contributed by atoms with Gasteiger partial charge in [0.15, 0.2) is 0 Å². The molecule has 3 atom stereocenters. The molecule has 3 heterocycles. The maximum absolute atomic E-state index is 13.5. The molecule has 1 saturated carbocycles. The van der Waals surface area contributed by atoms with Gasteiger partial charge in [-0.05, 0) is 61.8 Å². The number of hydrogen-bond donors (Lipinski definition) is 1. The molecule has 4 aromatic rings. The summed E-state index contributed by atoms with van der Waals surface area (Å²) in [6.07, 6.45) is 8.74. The maximum atomic E-state index is 13.5. The summed E-state index contributed by atoms with van der Waals surface area (Å²) in [7, 11) is 3.31. The van der Waals surface area contributed by atoms with Crippen molar-refractivity contribution in [3.63, 3.8) is 0 Å². The van der Waals surface area contributed by atoms with E-state index in [1.165, 1.54) is 7.11 Å². The van der Waals surface area contributed by atoms with E-state index in [2.05, 4.69) is 10.3 Å². The molecule has 2 aromatic heterocycles. The lowest BCUT2D eigenvalue weighted by atomic mass is 9.78. The van der Waals surface area contributed by atoms with Crippen molar-refractivity contribution in [1.82, 2.24) is 14.5 Å². The number of hydrogen-bond acceptors (Lipinski definition) is 6. The first-order valence-corrected chi connectivity index (χ1v) is 16.4. The zero-order valence-corrected chi connectivity index (χ0v) is 27.0. The standard InChI is InChI=1S/C33H34Cl2N4O4S/c1-38-18-24(23-5-3-4-6-29(23)38)32(42)37-27-16-25(34)21(14-26(27)35)15-30(40)39-12-11-19-13-20(7-9-28(19)39)33-36-17-22(44-33)8-10-31(41)43-2/h3-6,14,16-20,28H,7-13,15H2,1-2H3,(H,37,42). The van der Waals surface area contributed by atoms with Gasteiger partial charge in [0.1, 0.15) is 0 Å². The number of halogens is 2. The third kappa shape index (κ3) is 6.23. The van der Waals surface area contributed by atoms with Crippen molar-refractivity contribution < 1.29 is 19.1 Å². The van der Waals surface area contributed by atoms with E-state index in [1.54, 1.807) is 29.7 Å². The third-order valence-corrected chi connectivity index (χ3v) is 10.9. The van der Waals surface area contributed by atoms with E-state index in [9.17, 15) is 14.4 Å². The fourth-order valence-electron chi connectivity index (χ4n) is 6.72. The number of methoxy groups -OCH3 is 1. The van der Waals surface area contributed by atoms with Crippen LogP contribution in [0.4, 0.5) is 5.69 Å². The Morgan fingerprint density at radius 1 is 1.11 bits per heavy atom. The van der Waals surface area contributed by atoms with Crippen LogP contribution in [0.1, 0.15) is 63.8 Å². The average molecular weight is 654 g/mol. The summed E-state index contributed by atoms with van der Waals surface area (Å²) in [4.78, 5) is 46.0. The number of aromatic nitrogens is 2. The van der Waals surface area contributed by atoms with E-state index in [0.717, 1.165) is 53.0 Å². The number of carbonyl (C=O) groups is 3. The molecular weight excluding hydrogens is 619 g/mol. The Morgan fingerprint density at radius 3 is 2.75 bits per heavy atom. The lowest BCUT2D eigenvalue weighted by Gasteiger charge is -2.35. The van der Waals surface area contributed by atoms with Gasteiger partial charge < -0.3 is 19.5 Å². The Balaban J connectivity index is 1.07. The van der Waals surface area contributed by atoms with Crippen molar-refractivity contribution in [2.24, 2.45) is 13.0 Å². The molecule has 1 N–H and O–H groups in total. The Bertz CT molecular complexity index is 1730. The number of fused-ring (bicyclic) bond motifs is 2. The highest BCUT2D eigenvalue weighted by molar-refractivity contribution is 7.11. The molecule has 1 saturated heterocycles. The highest BCUT2D eigenvalue weighted by Crippen LogP contribution is 2.44. The minimum absolute atomic E-state index is 0.0424. The highest BCUT2D eigenvalue weighted by atomic mass is 35.5. The Morgan fingerprint density at radius 2 is 1.93 bits per heavy atom. The van der Waals surface area contributed by atoms with E-state index >= 15 is 0 Å². The molecule has 0 radical (unpaired) electrons. The van der Waals surface area contributed by atoms with Gasteiger partial charge in [-0.2, -0.15) is 0 Å². The van der Waals surface area contributed by atoms with Gasteiger partial charge in [-0.3, -0.25) is 14.4 Å². The fourth-order valence-corrected chi connectivity index (χ4v) is 8.25. The number of ether oxygens (including phenoxy) is 1. The van der Waals surface area contributed by atoms with Crippen LogP contribution in [0.15, 0.2) is 48.8 Å². The van der Waals surface area contributed by atoms with Crippen molar-refractivity contribution >= 4 is 68.9 Å². The van der Waals surface area contributed by atoms with E-state index in [-0.39, 0.29) is 30.2 Å². The van der Waals surface area contributed by atoms with Crippen LogP contribution in [0.2, 0.25) is 10.0 Å². The second-order valence-electron chi connectivity index (χ2n) is 11.7. The van der Waals surface area contributed by atoms with Crippen molar-refractivity contribution in [3.8, 4) is 0 Å². The molecule has 2 amide bonds. The molecule has 230 valence electrons.